The summed E-state index contributed by atoms with van der Waals surface area (Å²) in [7, 11) is 0. The predicted molar refractivity (Wildman–Crippen MR) is 169 cm³/mol. The molecule has 0 saturated heterocycles. The fourth-order valence-electron chi connectivity index (χ4n) is 5.35. The number of carbonyl (C=O) groups is 3. The number of hydrogen-bond donors (Lipinski definition) is 2. The minimum atomic E-state index is -1.03. The smallest absolute Gasteiger partial charge is 0.408 e. The second kappa shape index (κ2) is 13.6. The van der Waals surface area contributed by atoms with Crippen molar-refractivity contribution in [3.05, 3.63) is 101 Å². The van der Waals surface area contributed by atoms with E-state index >= 15 is 0 Å². The Labute approximate surface area is 255 Å². The Morgan fingerprint density at radius 3 is 2.16 bits per heavy atom. The van der Waals surface area contributed by atoms with Gasteiger partial charge in [0.05, 0.1) is 0 Å². The molecule has 0 aliphatic heterocycles. The fraction of sp³-hybridized carbons (Fsp3) is 0.361. The number of nitrogens with one attached hydrogen (secondary N) is 2. The lowest BCUT2D eigenvalue weighted by Gasteiger charge is -2.44. The Bertz CT molecular complexity index is 1480. The quantitative estimate of drug-likeness (QED) is 0.284. The molecule has 1 saturated carbocycles. The van der Waals surface area contributed by atoms with Crippen LogP contribution in [0.15, 0.2) is 72.8 Å². The summed E-state index contributed by atoms with van der Waals surface area (Å²) >= 11 is 0. The van der Waals surface area contributed by atoms with E-state index in [2.05, 4.69) is 16.6 Å². The Hall–Kier alpha value is -4.57. The molecule has 0 spiro atoms. The average Bonchev–Trinajstić information content (AvgIpc) is 2.93. The number of hydrogen-bond acceptors (Lipinski definition) is 4. The van der Waals surface area contributed by atoms with E-state index in [0.29, 0.717) is 16.8 Å². The van der Waals surface area contributed by atoms with E-state index in [1.807, 2.05) is 74.5 Å². The van der Waals surface area contributed by atoms with E-state index in [9.17, 15) is 14.4 Å². The van der Waals surface area contributed by atoms with Crippen molar-refractivity contribution < 1.29 is 19.1 Å². The zero-order valence-electron chi connectivity index (χ0n) is 25.6. The van der Waals surface area contributed by atoms with Crippen LogP contribution in [0.25, 0.3) is 0 Å². The van der Waals surface area contributed by atoms with Gasteiger partial charge < -0.3 is 20.3 Å². The molecule has 1 fully saturated rings. The fourth-order valence-corrected chi connectivity index (χ4v) is 5.35. The Morgan fingerprint density at radius 2 is 1.58 bits per heavy atom. The van der Waals surface area contributed by atoms with Crippen molar-refractivity contribution in [1.82, 2.24) is 10.2 Å². The van der Waals surface area contributed by atoms with Crippen molar-refractivity contribution in [3.63, 3.8) is 0 Å². The third-order valence-electron chi connectivity index (χ3n) is 7.66. The number of benzene rings is 3. The van der Waals surface area contributed by atoms with Crippen LogP contribution in [0.2, 0.25) is 0 Å². The summed E-state index contributed by atoms with van der Waals surface area (Å²) in [6.45, 7) is 9.18. The highest BCUT2D eigenvalue weighted by molar-refractivity contribution is 6.00. The molecule has 43 heavy (non-hydrogen) atoms. The lowest BCUT2D eigenvalue weighted by molar-refractivity contribution is -0.145. The molecular formula is C36H41N3O4. The highest BCUT2D eigenvalue weighted by atomic mass is 16.6. The number of ether oxygens (including phenoxy) is 1. The average molecular weight is 580 g/mol. The summed E-state index contributed by atoms with van der Waals surface area (Å²) in [6.07, 6.45) is 7.85. The van der Waals surface area contributed by atoms with E-state index in [0.717, 1.165) is 36.0 Å². The standard InChI is InChI=1S/C36H41N3O4/c1-7-27-19-11-12-22-29(27)32(33(40)38-31-24(2)15-13-16-25(31)3)39(28-20-14-21-28)34(41)30(23-26-17-9-8-10-18-26)37-35(42)43-36(4,5)6/h1,8-13,15-19,22,28,30,32H,14,20-21,23H2,2-6H3,(H,37,42)(H,38,40). The molecule has 4 rings (SSSR count). The van der Waals surface area contributed by atoms with Crippen LogP contribution >= 0.6 is 0 Å². The van der Waals surface area contributed by atoms with Crippen molar-refractivity contribution in [2.24, 2.45) is 0 Å². The second-order valence-electron chi connectivity index (χ2n) is 12.1. The first-order valence-electron chi connectivity index (χ1n) is 14.8. The zero-order valence-corrected chi connectivity index (χ0v) is 25.6. The lowest BCUT2D eigenvalue weighted by Crippen LogP contribution is -2.57. The predicted octanol–water partition coefficient (Wildman–Crippen LogP) is 6.48. The molecule has 0 radical (unpaired) electrons. The number of amides is 3. The Morgan fingerprint density at radius 1 is 0.953 bits per heavy atom. The van der Waals surface area contributed by atoms with Gasteiger partial charge in [0.2, 0.25) is 5.91 Å². The SMILES string of the molecule is C#Cc1ccccc1C(C(=O)Nc1c(C)cccc1C)N(C(=O)C(Cc1ccccc1)NC(=O)OC(C)(C)C)C1CCC1. The number of carbonyl (C=O) groups excluding carboxylic acids is 3. The van der Waals surface area contributed by atoms with E-state index in [-0.39, 0.29) is 24.3 Å². The van der Waals surface area contributed by atoms with Gasteiger partial charge in [-0.3, -0.25) is 9.59 Å². The maximum Gasteiger partial charge on any atom is 0.408 e. The van der Waals surface area contributed by atoms with Crippen LogP contribution in [0.1, 0.15) is 73.9 Å². The number of nitrogens with zero attached hydrogens (tertiary/aromatic N) is 1. The van der Waals surface area contributed by atoms with Gasteiger partial charge in [-0.15, -0.1) is 6.42 Å². The number of aryl methyl sites for hydroxylation is 2. The van der Waals surface area contributed by atoms with Gasteiger partial charge in [0.15, 0.2) is 0 Å². The summed E-state index contributed by atoms with van der Waals surface area (Å²) in [6, 6.07) is 20.3. The minimum Gasteiger partial charge on any atom is -0.444 e. The lowest BCUT2D eigenvalue weighted by atomic mass is 9.86. The molecule has 7 nitrogen and oxygen atoms in total. The first-order valence-corrected chi connectivity index (χ1v) is 14.8. The van der Waals surface area contributed by atoms with Gasteiger partial charge in [-0.2, -0.15) is 0 Å². The molecule has 0 aromatic heterocycles. The molecule has 1 aliphatic carbocycles. The Balaban J connectivity index is 1.80. The molecule has 0 heterocycles. The number of terminal acetylenes is 1. The van der Waals surface area contributed by atoms with Crippen molar-refractivity contribution in [3.8, 4) is 12.3 Å². The molecule has 3 amide bonds. The maximum atomic E-state index is 14.7. The molecule has 2 atom stereocenters. The first kappa shape index (κ1) is 31.4. The molecule has 2 unspecified atom stereocenters. The largest absolute Gasteiger partial charge is 0.444 e. The summed E-state index contributed by atoms with van der Waals surface area (Å²) < 4.78 is 5.54. The van der Waals surface area contributed by atoms with Crippen LogP contribution in [0, 0.1) is 26.2 Å². The van der Waals surface area contributed by atoms with Crippen molar-refractivity contribution in [2.45, 2.75) is 84.0 Å². The minimum absolute atomic E-state index is 0.203. The van der Waals surface area contributed by atoms with Crippen molar-refractivity contribution in [1.29, 1.82) is 0 Å². The molecular weight excluding hydrogens is 538 g/mol. The van der Waals surface area contributed by atoms with Crippen molar-refractivity contribution >= 4 is 23.6 Å². The summed E-state index contributed by atoms with van der Waals surface area (Å²) in [5.74, 6) is 1.97. The van der Waals surface area contributed by atoms with Gasteiger partial charge >= 0.3 is 6.09 Å². The van der Waals surface area contributed by atoms with Gasteiger partial charge in [0.1, 0.15) is 17.7 Å². The van der Waals surface area contributed by atoms with Crippen LogP contribution in [0.4, 0.5) is 10.5 Å². The monoisotopic (exact) mass is 579 g/mol. The molecule has 2 N–H and O–H groups in total. The molecule has 224 valence electrons. The summed E-state index contributed by atoms with van der Waals surface area (Å²) in [5, 5.41) is 5.94. The van der Waals surface area contributed by atoms with Crippen LogP contribution in [0.3, 0.4) is 0 Å². The van der Waals surface area contributed by atoms with Crippen molar-refractivity contribution in [2.75, 3.05) is 5.32 Å². The van der Waals surface area contributed by atoms with Gasteiger partial charge in [-0.1, -0.05) is 72.7 Å². The number of rotatable bonds is 9. The van der Waals surface area contributed by atoms with E-state index in [1.165, 1.54) is 0 Å². The van der Waals surface area contributed by atoms with E-state index < -0.39 is 23.8 Å². The molecule has 7 heteroatoms. The molecule has 0 bridgehead atoms. The van der Waals surface area contributed by atoms with Gasteiger partial charge in [-0.25, -0.2) is 4.79 Å². The third-order valence-corrected chi connectivity index (χ3v) is 7.66. The number of anilines is 1. The van der Waals surface area contributed by atoms with Gasteiger partial charge in [0.25, 0.3) is 5.91 Å². The zero-order chi connectivity index (χ0) is 31.1. The van der Waals surface area contributed by atoms with Crippen LogP contribution in [-0.4, -0.2) is 40.5 Å². The molecule has 1 aliphatic rings. The number of para-hydroxylation sites is 1. The van der Waals surface area contributed by atoms with Gasteiger partial charge in [0, 0.05) is 23.7 Å². The Kier molecular flexibility index (Phi) is 9.92. The molecule has 3 aromatic carbocycles. The summed E-state index contributed by atoms with van der Waals surface area (Å²) in [4.78, 5) is 43.8. The van der Waals surface area contributed by atoms with Gasteiger partial charge in [-0.05, 0) is 82.2 Å². The van der Waals surface area contributed by atoms with Crippen LogP contribution in [0.5, 0.6) is 0 Å². The maximum absolute atomic E-state index is 14.7. The van der Waals surface area contributed by atoms with Crippen LogP contribution < -0.4 is 10.6 Å². The third kappa shape index (κ3) is 7.84. The highest BCUT2D eigenvalue weighted by Gasteiger charge is 2.42. The van der Waals surface area contributed by atoms with E-state index in [1.54, 1.807) is 37.8 Å². The summed E-state index contributed by atoms with van der Waals surface area (Å²) in [5.41, 5.74) is 3.72. The molecule has 3 aromatic rings. The highest BCUT2D eigenvalue weighted by Crippen LogP contribution is 2.36. The second-order valence-corrected chi connectivity index (χ2v) is 12.1. The van der Waals surface area contributed by atoms with E-state index in [4.69, 9.17) is 11.2 Å². The first-order chi connectivity index (χ1) is 20.5. The number of alkyl carbamates (subject to hydrolysis) is 1. The topological polar surface area (TPSA) is 87.7 Å². The normalized spacial score (nSPS) is 14.4. The van der Waals surface area contributed by atoms with Crippen LogP contribution in [-0.2, 0) is 20.7 Å².